The van der Waals surface area contributed by atoms with Crippen molar-refractivity contribution in [2.24, 2.45) is 0 Å². The van der Waals surface area contributed by atoms with Crippen LogP contribution in [-0.2, 0) is 9.84 Å². The van der Waals surface area contributed by atoms with Gasteiger partial charge >= 0.3 is 0 Å². The summed E-state index contributed by atoms with van der Waals surface area (Å²) in [4.78, 5) is 8.08. The standard InChI is InChI=1S/C12H10N4O3S/c13-6-10-5-8(1-3-14-10)12-15-11(16-19-12)9-2-4-20(17,18)7-9/h1,3,5,9H,2,4,7H2. The zero-order valence-electron chi connectivity index (χ0n) is 10.4. The van der Waals surface area contributed by atoms with Crippen LogP contribution in [0.3, 0.4) is 0 Å². The van der Waals surface area contributed by atoms with Gasteiger partial charge in [-0.15, -0.1) is 0 Å². The lowest BCUT2D eigenvalue weighted by Crippen LogP contribution is -2.05. The number of nitrogens with zero attached hydrogens (tertiary/aromatic N) is 4. The molecule has 0 amide bonds. The van der Waals surface area contributed by atoms with Gasteiger partial charge in [0.25, 0.3) is 5.89 Å². The number of hydrogen-bond donors (Lipinski definition) is 0. The van der Waals surface area contributed by atoms with Crippen LogP contribution in [0.15, 0.2) is 22.9 Å². The third-order valence-electron chi connectivity index (χ3n) is 3.16. The van der Waals surface area contributed by atoms with E-state index in [9.17, 15) is 8.42 Å². The average Bonchev–Trinajstić information content (AvgIpc) is 3.05. The normalized spacial score (nSPS) is 20.6. The van der Waals surface area contributed by atoms with Crippen LogP contribution in [-0.4, -0.2) is 35.0 Å². The predicted molar refractivity (Wildman–Crippen MR) is 68.3 cm³/mol. The Bertz CT molecular complexity index is 791. The van der Waals surface area contributed by atoms with E-state index in [2.05, 4.69) is 15.1 Å². The number of nitriles is 1. The van der Waals surface area contributed by atoms with Crippen molar-refractivity contribution in [3.63, 3.8) is 0 Å². The number of rotatable bonds is 2. The molecule has 1 aliphatic rings. The monoisotopic (exact) mass is 290 g/mol. The van der Waals surface area contributed by atoms with E-state index in [4.69, 9.17) is 9.78 Å². The minimum Gasteiger partial charge on any atom is -0.334 e. The van der Waals surface area contributed by atoms with Crippen LogP contribution in [0.5, 0.6) is 0 Å². The molecule has 0 saturated carbocycles. The van der Waals surface area contributed by atoms with Gasteiger partial charge in [0.1, 0.15) is 11.8 Å². The fraction of sp³-hybridized carbons (Fsp3) is 0.333. The van der Waals surface area contributed by atoms with Crippen molar-refractivity contribution in [1.82, 2.24) is 15.1 Å². The maximum Gasteiger partial charge on any atom is 0.258 e. The number of aromatic nitrogens is 3. The molecule has 3 rings (SSSR count). The molecule has 7 nitrogen and oxygen atoms in total. The van der Waals surface area contributed by atoms with Crippen molar-refractivity contribution >= 4 is 9.84 Å². The van der Waals surface area contributed by atoms with Crippen molar-refractivity contribution in [2.45, 2.75) is 12.3 Å². The van der Waals surface area contributed by atoms with Gasteiger partial charge < -0.3 is 4.52 Å². The lowest BCUT2D eigenvalue weighted by molar-refractivity contribution is 0.418. The summed E-state index contributed by atoms with van der Waals surface area (Å²) < 4.78 is 28.0. The molecule has 1 atom stereocenters. The topological polar surface area (TPSA) is 110 Å². The Hall–Kier alpha value is -2.27. The zero-order chi connectivity index (χ0) is 14.2. The van der Waals surface area contributed by atoms with Crippen LogP contribution in [0, 0.1) is 11.3 Å². The van der Waals surface area contributed by atoms with E-state index in [1.807, 2.05) is 6.07 Å². The van der Waals surface area contributed by atoms with Crippen molar-refractivity contribution < 1.29 is 12.9 Å². The van der Waals surface area contributed by atoms with Gasteiger partial charge in [-0.2, -0.15) is 10.2 Å². The van der Waals surface area contributed by atoms with Gasteiger partial charge in [-0.25, -0.2) is 13.4 Å². The third kappa shape index (κ3) is 2.40. The van der Waals surface area contributed by atoms with Crippen LogP contribution in [0.25, 0.3) is 11.5 Å². The average molecular weight is 290 g/mol. The first kappa shape index (κ1) is 12.7. The molecule has 102 valence electrons. The predicted octanol–water partition coefficient (Wildman–Crippen LogP) is 0.905. The second kappa shape index (κ2) is 4.68. The molecule has 2 aromatic heterocycles. The second-order valence-electron chi connectivity index (χ2n) is 4.60. The summed E-state index contributed by atoms with van der Waals surface area (Å²) in [5.41, 5.74) is 0.849. The lowest BCUT2D eigenvalue weighted by atomic mass is 10.1. The second-order valence-corrected chi connectivity index (χ2v) is 6.83. The van der Waals surface area contributed by atoms with E-state index in [0.717, 1.165) is 0 Å². The SMILES string of the molecule is N#Cc1cc(-c2nc(C3CCS(=O)(=O)C3)no2)ccn1. The van der Waals surface area contributed by atoms with E-state index in [1.54, 1.807) is 12.1 Å². The van der Waals surface area contributed by atoms with Crippen LogP contribution < -0.4 is 0 Å². The van der Waals surface area contributed by atoms with Gasteiger partial charge in [-0.1, -0.05) is 5.16 Å². The molecule has 1 unspecified atom stereocenters. The summed E-state index contributed by atoms with van der Waals surface area (Å²) in [5.74, 6) is 0.676. The molecule has 2 aromatic rings. The van der Waals surface area contributed by atoms with E-state index >= 15 is 0 Å². The molecule has 8 heteroatoms. The minimum absolute atomic E-state index is 0.0613. The molecule has 0 bridgehead atoms. The van der Waals surface area contributed by atoms with Crippen LogP contribution in [0.1, 0.15) is 23.9 Å². The highest BCUT2D eigenvalue weighted by atomic mass is 32.2. The summed E-state index contributed by atoms with van der Waals surface area (Å²) in [6.07, 6.45) is 2.00. The van der Waals surface area contributed by atoms with Crippen molar-refractivity contribution in [3.8, 4) is 17.5 Å². The molecule has 3 heterocycles. The Labute approximate surface area is 115 Å². The van der Waals surface area contributed by atoms with Crippen LogP contribution in [0.2, 0.25) is 0 Å². The molecule has 0 spiro atoms. The molecule has 1 aliphatic heterocycles. The summed E-state index contributed by atoms with van der Waals surface area (Å²) in [6.45, 7) is 0. The Kier molecular flexibility index (Phi) is 2.99. The van der Waals surface area contributed by atoms with E-state index in [0.29, 0.717) is 17.8 Å². The fourth-order valence-corrected chi connectivity index (χ4v) is 3.88. The Morgan fingerprint density at radius 2 is 2.30 bits per heavy atom. The first-order valence-electron chi connectivity index (χ1n) is 5.98. The third-order valence-corrected chi connectivity index (χ3v) is 4.93. The molecule has 1 fully saturated rings. The number of hydrogen-bond acceptors (Lipinski definition) is 7. The molecule has 0 radical (unpaired) electrons. The molecular weight excluding hydrogens is 280 g/mol. The highest BCUT2D eigenvalue weighted by Gasteiger charge is 2.32. The highest BCUT2D eigenvalue weighted by molar-refractivity contribution is 7.91. The highest BCUT2D eigenvalue weighted by Crippen LogP contribution is 2.28. The van der Waals surface area contributed by atoms with Gasteiger partial charge in [0.15, 0.2) is 15.7 Å². The van der Waals surface area contributed by atoms with Crippen molar-refractivity contribution in [1.29, 1.82) is 5.26 Å². The van der Waals surface area contributed by atoms with Gasteiger partial charge in [0.05, 0.1) is 11.5 Å². The summed E-state index contributed by atoms with van der Waals surface area (Å²) in [6, 6.07) is 5.13. The molecule has 0 N–H and O–H groups in total. The van der Waals surface area contributed by atoms with Crippen LogP contribution >= 0.6 is 0 Å². The minimum atomic E-state index is -2.98. The van der Waals surface area contributed by atoms with Gasteiger partial charge in [0.2, 0.25) is 0 Å². The van der Waals surface area contributed by atoms with E-state index in [-0.39, 0.29) is 29.0 Å². The van der Waals surface area contributed by atoms with Crippen LogP contribution in [0.4, 0.5) is 0 Å². The van der Waals surface area contributed by atoms with Gasteiger partial charge in [-0.05, 0) is 18.6 Å². The largest absolute Gasteiger partial charge is 0.334 e. The summed E-state index contributed by atoms with van der Waals surface area (Å²) in [5, 5.41) is 12.6. The molecule has 0 aromatic carbocycles. The zero-order valence-corrected chi connectivity index (χ0v) is 11.2. The van der Waals surface area contributed by atoms with Crippen molar-refractivity contribution in [3.05, 3.63) is 29.8 Å². The quantitative estimate of drug-likeness (QED) is 0.808. The van der Waals surface area contributed by atoms with Crippen molar-refractivity contribution in [2.75, 3.05) is 11.5 Å². The van der Waals surface area contributed by atoms with Gasteiger partial charge in [0, 0.05) is 17.7 Å². The first-order chi connectivity index (χ1) is 9.57. The van der Waals surface area contributed by atoms with E-state index < -0.39 is 9.84 Å². The Morgan fingerprint density at radius 3 is 3.00 bits per heavy atom. The maximum absolute atomic E-state index is 11.4. The van der Waals surface area contributed by atoms with Gasteiger partial charge in [-0.3, -0.25) is 0 Å². The Morgan fingerprint density at radius 1 is 1.45 bits per heavy atom. The Balaban J connectivity index is 1.89. The lowest BCUT2D eigenvalue weighted by Gasteiger charge is -1.98. The smallest absolute Gasteiger partial charge is 0.258 e. The molecule has 0 aliphatic carbocycles. The maximum atomic E-state index is 11.4. The molecule has 1 saturated heterocycles. The molecule has 20 heavy (non-hydrogen) atoms. The fourth-order valence-electron chi connectivity index (χ4n) is 2.14. The van der Waals surface area contributed by atoms with E-state index in [1.165, 1.54) is 6.20 Å². The first-order valence-corrected chi connectivity index (χ1v) is 7.80. The number of sulfone groups is 1. The number of pyridine rings is 1. The summed E-state index contributed by atoms with van der Waals surface area (Å²) >= 11 is 0. The molecular formula is C12H10N4O3S. The summed E-state index contributed by atoms with van der Waals surface area (Å²) in [7, 11) is -2.98.